The average molecular weight is 531 g/mol. The van der Waals surface area contributed by atoms with Crippen LogP contribution in [0.4, 0.5) is 10.6 Å². The number of carbonyl (C=O) groups is 1. The third kappa shape index (κ3) is 4.21. The first-order valence-corrected chi connectivity index (χ1v) is 13.1. The minimum atomic E-state index is -1.01. The van der Waals surface area contributed by atoms with Gasteiger partial charge in [-0.3, -0.25) is 0 Å². The van der Waals surface area contributed by atoms with Gasteiger partial charge in [0.25, 0.3) is 0 Å². The molecule has 4 aromatic rings. The van der Waals surface area contributed by atoms with E-state index in [1.54, 1.807) is 0 Å². The molecule has 0 aliphatic carbocycles. The van der Waals surface area contributed by atoms with Gasteiger partial charge in [0.15, 0.2) is 0 Å². The molecule has 3 heterocycles. The minimum absolute atomic E-state index is 0.103. The number of aryl methyl sites for hydroxylation is 2. The number of carboxylic acid groups (broad SMARTS) is 1. The molecule has 1 aliphatic heterocycles. The van der Waals surface area contributed by atoms with Gasteiger partial charge in [0.1, 0.15) is 11.5 Å². The van der Waals surface area contributed by atoms with E-state index in [0.717, 1.165) is 27.9 Å². The number of halogens is 1. The molecule has 1 saturated heterocycles. The Hall–Kier alpha value is -3.83. The molecule has 9 heteroatoms. The van der Waals surface area contributed by atoms with Crippen LogP contribution in [0.2, 0.25) is 5.28 Å². The predicted octanol–water partition coefficient (Wildman–Crippen LogP) is 6.13. The number of piperazine rings is 1. The van der Waals surface area contributed by atoms with Gasteiger partial charge >= 0.3 is 6.09 Å². The van der Waals surface area contributed by atoms with Crippen LogP contribution in [0, 0.1) is 18.3 Å². The smallest absolute Gasteiger partial charge is 0.407 e. The van der Waals surface area contributed by atoms with E-state index in [1.165, 1.54) is 21.2 Å². The van der Waals surface area contributed by atoms with Crippen molar-refractivity contribution in [2.45, 2.75) is 45.6 Å². The number of benzene rings is 2. The number of nitrogens with zero attached hydrogens (tertiary/aromatic N) is 6. The van der Waals surface area contributed by atoms with E-state index in [-0.39, 0.29) is 23.7 Å². The summed E-state index contributed by atoms with van der Waals surface area (Å²) in [5.74, 6) is 0.678. The van der Waals surface area contributed by atoms with E-state index in [4.69, 9.17) is 16.6 Å². The van der Waals surface area contributed by atoms with Crippen LogP contribution in [0.15, 0.2) is 36.4 Å². The maximum absolute atomic E-state index is 11.8. The van der Waals surface area contributed by atoms with Crippen LogP contribution in [0.25, 0.3) is 33.1 Å². The second-order valence-corrected chi connectivity index (χ2v) is 11.3. The lowest BCUT2D eigenvalue weighted by molar-refractivity contribution is 0.119. The van der Waals surface area contributed by atoms with E-state index in [9.17, 15) is 15.2 Å². The van der Waals surface area contributed by atoms with Crippen molar-refractivity contribution >= 4 is 45.3 Å². The van der Waals surface area contributed by atoms with Crippen LogP contribution in [0.1, 0.15) is 38.3 Å². The first-order chi connectivity index (χ1) is 18.0. The molecule has 196 valence electrons. The number of fused-ring (bicyclic) bond motifs is 2. The lowest BCUT2D eigenvalue weighted by Crippen LogP contribution is -2.55. The normalized spacial score (nSPS) is 16.3. The van der Waals surface area contributed by atoms with E-state index in [2.05, 4.69) is 84.6 Å². The summed E-state index contributed by atoms with van der Waals surface area (Å²) in [5.41, 5.74) is 4.92. The molecule has 5 rings (SSSR count). The number of anilines is 1. The monoisotopic (exact) mass is 530 g/mol. The van der Waals surface area contributed by atoms with Crippen molar-refractivity contribution in [3.05, 3.63) is 52.8 Å². The molecule has 0 spiro atoms. The van der Waals surface area contributed by atoms with Gasteiger partial charge < -0.3 is 19.5 Å². The van der Waals surface area contributed by atoms with Crippen LogP contribution >= 0.6 is 11.6 Å². The van der Waals surface area contributed by atoms with Crippen LogP contribution < -0.4 is 4.90 Å². The molecule has 1 aliphatic rings. The zero-order chi connectivity index (χ0) is 27.4. The fourth-order valence-corrected chi connectivity index (χ4v) is 6.01. The summed E-state index contributed by atoms with van der Waals surface area (Å²) < 4.78 is 2.11. The summed E-state index contributed by atoms with van der Waals surface area (Å²) >= 11 is 6.51. The SMILES string of the molecule is Cc1cccc2cccc(-c3c(C(C)(C)C)c4c(N5CCN(C(=O)O)[C@@H](CC#N)C5)nc(Cl)nc4n3C)c12. The number of hydrogen-bond donors (Lipinski definition) is 1. The van der Waals surface area contributed by atoms with Gasteiger partial charge in [-0.25, -0.2) is 4.79 Å². The van der Waals surface area contributed by atoms with Crippen LogP contribution in [0.5, 0.6) is 0 Å². The Morgan fingerprint density at radius 2 is 1.87 bits per heavy atom. The molecule has 1 atom stereocenters. The molecule has 1 fully saturated rings. The van der Waals surface area contributed by atoms with E-state index < -0.39 is 12.1 Å². The van der Waals surface area contributed by atoms with Crippen molar-refractivity contribution in [2.75, 3.05) is 24.5 Å². The third-order valence-electron chi connectivity index (χ3n) is 7.46. The van der Waals surface area contributed by atoms with Gasteiger partial charge in [0.2, 0.25) is 5.28 Å². The fourth-order valence-electron chi connectivity index (χ4n) is 5.85. The molecular weight excluding hydrogens is 500 g/mol. The molecule has 0 saturated carbocycles. The summed E-state index contributed by atoms with van der Waals surface area (Å²) in [6, 6.07) is 14.4. The standard InChI is InChI=1S/C29H31ClN6O2/c1-17-8-6-9-18-10-7-11-20(21(17)18)24-23(29(2,3)4)22-25(34(24)5)32-27(30)33-26(22)35-14-15-36(28(37)38)19(16-35)12-13-31/h6-11,19H,12,14-16H2,1-5H3,(H,37,38)/t19-/m0/s1. The zero-order valence-electron chi connectivity index (χ0n) is 22.3. The molecule has 1 amide bonds. The summed E-state index contributed by atoms with van der Waals surface area (Å²) in [6.45, 7) is 9.75. The highest BCUT2D eigenvalue weighted by Crippen LogP contribution is 2.45. The largest absolute Gasteiger partial charge is 0.465 e. The summed E-state index contributed by atoms with van der Waals surface area (Å²) in [6.07, 6.45) is -0.911. The summed E-state index contributed by atoms with van der Waals surface area (Å²) in [7, 11) is 2.01. The number of hydrogen-bond acceptors (Lipinski definition) is 5. The Labute approximate surface area is 227 Å². The van der Waals surface area contributed by atoms with Gasteiger partial charge in [-0.1, -0.05) is 57.2 Å². The van der Waals surface area contributed by atoms with Crippen molar-refractivity contribution in [2.24, 2.45) is 7.05 Å². The topological polar surface area (TPSA) is 98.3 Å². The minimum Gasteiger partial charge on any atom is -0.465 e. The lowest BCUT2D eigenvalue weighted by atomic mass is 9.82. The maximum atomic E-state index is 11.8. The van der Waals surface area contributed by atoms with Crippen molar-refractivity contribution in [1.29, 1.82) is 5.26 Å². The van der Waals surface area contributed by atoms with E-state index >= 15 is 0 Å². The number of aromatic nitrogens is 3. The Balaban J connectivity index is 1.81. The Morgan fingerprint density at radius 3 is 2.53 bits per heavy atom. The molecule has 2 aromatic heterocycles. The second-order valence-electron chi connectivity index (χ2n) is 11.0. The van der Waals surface area contributed by atoms with Gasteiger partial charge in [-0.05, 0) is 45.8 Å². The number of nitriles is 1. The van der Waals surface area contributed by atoms with E-state index in [1.807, 2.05) is 7.05 Å². The molecule has 0 unspecified atom stereocenters. The highest BCUT2D eigenvalue weighted by molar-refractivity contribution is 6.29. The fraction of sp³-hybridized carbons (Fsp3) is 0.379. The third-order valence-corrected chi connectivity index (χ3v) is 7.63. The van der Waals surface area contributed by atoms with Crippen LogP contribution in [0.3, 0.4) is 0 Å². The first kappa shape index (κ1) is 25.8. The molecule has 38 heavy (non-hydrogen) atoms. The first-order valence-electron chi connectivity index (χ1n) is 12.7. The summed E-state index contributed by atoms with van der Waals surface area (Å²) in [4.78, 5) is 24.6. The highest BCUT2D eigenvalue weighted by Gasteiger charge is 2.35. The van der Waals surface area contributed by atoms with E-state index in [0.29, 0.717) is 18.9 Å². The lowest BCUT2D eigenvalue weighted by Gasteiger charge is -2.40. The molecule has 0 radical (unpaired) electrons. The second kappa shape index (κ2) is 9.48. The number of rotatable bonds is 3. The average Bonchev–Trinajstić information content (AvgIpc) is 3.16. The molecule has 2 aromatic carbocycles. The molecule has 1 N–H and O–H groups in total. The molecule has 8 nitrogen and oxygen atoms in total. The quantitative estimate of drug-likeness (QED) is 0.320. The van der Waals surface area contributed by atoms with Gasteiger partial charge in [0.05, 0.1) is 29.6 Å². The van der Waals surface area contributed by atoms with Gasteiger partial charge in [-0.15, -0.1) is 0 Å². The van der Waals surface area contributed by atoms with Gasteiger partial charge in [-0.2, -0.15) is 15.2 Å². The molecule has 0 bridgehead atoms. The van der Waals surface area contributed by atoms with Crippen molar-refractivity contribution in [1.82, 2.24) is 19.4 Å². The van der Waals surface area contributed by atoms with Crippen molar-refractivity contribution < 1.29 is 9.90 Å². The van der Waals surface area contributed by atoms with Gasteiger partial charge in [0, 0.05) is 32.2 Å². The van der Waals surface area contributed by atoms with Crippen molar-refractivity contribution in [3.63, 3.8) is 0 Å². The maximum Gasteiger partial charge on any atom is 0.407 e. The van der Waals surface area contributed by atoms with Crippen LogP contribution in [-0.2, 0) is 12.5 Å². The van der Waals surface area contributed by atoms with Crippen LogP contribution in [-0.4, -0.2) is 56.3 Å². The zero-order valence-corrected chi connectivity index (χ0v) is 23.0. The van der Waals surface area contributed by atoms with Crippen molar-refractivity contribution in [3.8, 4) is 17.3 Å². The number of amides is 1. The molecular formula is C29H31ClN6O2. The summed E-state index contributed by atoms with van der Waals surface area (Å²) in [5, 5.41) is 22.5. The predicted molar refractivity (Wildman–Crippen MR) is 151 cm³/mol. The Bertz CT molecular complexity index is 1610. The Morgan fingerprint density at radius 1 is 1.16 bits per heavy atom. The highest BCUT2D eigenvalue weighted by atomic mass is 35.5. The Kier molecular flexibility index (Phi) is 6.44.